The molecule has 1 aliphatic rings. The van der Waals surface area contributed by atoms with E-state index in [1.807, 2.05) is 0 Å². The molecule has 0 heterocycles. The van der Waals surface area contributed by atoms with E-state index in [1.165, 1.54) is 44.1 Å². The van der Waals surface area contributed by atoms with Gasteiger partial charge in [0.05, 0.1) is 0 Å². The summed E-state index contributed by atoms with van der Waals surface area (Å²) in [6, 6.07) is 10.0. The summed E-state index contributed by atoms with van der Waals surface area (Å²) < 4.78 is 0. The quantitative estimate of drug-likeness (QED) is 0.784. The molecule has 1 nitrogen and oxygen atoms in total. The molecule has 1 aromatic carbocycles. The van der Waals surface area contributed by atoms with E-state index in [-0.39, 0.29) is 0 Å². The van der Waals surface area contributed by atoms with E-state index in [9.17, 15) is 0 Å². The monoisotopic (exact) mass is 259 g/mol. The van der Waals surface area contributed by atoms with Crippen LogP contribution in [-0.2, 0) is 6.42 Å². The van der Waals surface area contributed by atoms with Gasteiger partial charge in [-0.15, -0.1) is 0 Å². The molecule has 0 saturated heterocycles. The maximum absolute atomic E-state index is 3.55. The van der Waals surface area contributed by atoms with Gasteiger partial charge in [0.15, 0.2) is 0 Å². The van der Waals surface area contributed by atoms with Crippen LogP contribution in [0.5, 0.6) is 0 Å². The second-order valence-corrected chi connectivity index (χ2v) is 6.48. The summed E-state index contributed by atoms with van der Waals surface area (Å²) in [5.74, 6) is 1.45. The van der Waals surface area contributed by atoms with E-state index in [4.69, 9.17) is 0 Å². The van der Waals surface area contributed by atoms with E-state index in [2.05, 4.69) is 50.5 Å². The van der Waals surface area contributed by atoms with Crippen LogP contribution in [-0.4, -0.2) is 13.1 Å². The van der Waals surface area contributed by atoms with Gasteiger partial charge in [-0.25, -0.2) is 0 Å². The lowest BCUT2D eigenvalue weighted by molar-refractivity contribution is 0.439. The molecule has 0 aliphatic heterocycles. The van der Waals surface area contributed by atoms with Crippen LogP contribution in [0.4, 0.5) is 0 Å². The molecule has 2 unspecified atom stereocenters. The van der Waals surface area contributed by atoms with Crippen molar-refractivity contribution in [1.82, 2.24) is 5.32 Å². The van der Waals surface area contributed by atoms with E-state index in [0.717, 1.165) is 5.92 Å². The Morgan fingerprint density at radius 2 is 1.95 bits per heavy atom. The predicted molar refractivity (Wildman–Crippen MR) is 83.7 cm³/mol. The van der Waals surface area contributed by atoms with Crippen LogP contribution < -0.4 is 5.32 Å². The minimum atomic E-state index is 0.664. The Kier molecular flexibility index (Phi) is 5.45. The highest BCUT2D eigenvalue weighted by Crippen LogP contribution is 2.32. The molecule has 0 amide bonds. The Labute approximate surface area is 118 Å². The van der Waals surface area contributed by atoms with E-state index < -0.39 is 0 Å². The zero-order valence-corrected chi connectivity index (χ0v) is 12.8. The Bertz CT molecular complexity index is 383. The molecule has 0 radical (unpaired) electrons. The Morgan fingerprint density at radius 3 is 2.68 bits per heavy atom. The van der Waals surface area contributed by atoms with Crippen LogP contribution in [0, 0.1) is 5.92 Å². The average molecular weight is 259 g/mol. The first-order valence-corrected chi connectivity index (χ1v) is 7.97. The van der Waals surface area contributed by atoms with Gasteiger partial charge >= 0.3 is 0 Å². The number of benzene rings is 1. The van der Waals surface area contributed by atoms with Gasteiger partial charge in [-0.2, -0.15) is 0 Å². The molecule has 1 heteroatoms. The number of rotatable bonds is 4. The Balaban J connectivity index is 2.18. The van der Waals surface area contributed by atoms with Crippen molar-refractivity contribution in [3.63, 3.8) is 0 Å². The zero-order chi connectivity index (χ0) is 13.7. The molecule has 1 saturated carbocycles. The molecule has 2 rings (SSSR count). The SMILES string of the molecule is CNC1CCCCCC1c1cccc(CC(C)C)c1. The molecule has 0 aromatic heterocycles. The number of hydrogen-bond acceptors (Lipinski definition) is 1. The van der Waals surface area contributed by atoms with Crippen molar-refractivity contribution in [3.05, 3.63) is 35.4 Å². The first kappa shape index (κ1) is 14.6. The van der Waals surface area contributed by atoms with Gasteiger partial charge in [-0.1, -0.05) is 57.4 Å². The summed E-state index contributed by atoms with van der Waals surface area (Å²) >= 11 is 0. The van der Waals surface area contributed by atoms with Crippen molar-refractivity contribution in [2.24, 2.45) is 5.92 Å². The summed E-state index contributed by atoms with van der Waals surface area (Å²) in [5.41, 5.74) is 3.06. The fourth-order valence-corrected chi connectivity index (χ4v) is 3.47. The minimum Gasteiger partial charge on any atom is -0.316 e. The van der Waals surface area contributed by atoms with Crippen molar-refractivity contribution in [3.8, 4) is 0 Å². The highest BCUT2D eigenvalue weighted by atomic mass is 14.9. The number of nitrogens with one attached hydrogen (secondary N) is 1. The lowest BCUT2D eigenvalue weighted by Gasteiger charge is -2.25. The second-order valence-electron chi connectivity index (χ2n) is 6.48. The van der Waals surface area contributed by atoms with Crippen LogP contribution in [0.2, 0.25) is 0 Å². The predicted octanol–water partition coefficient (Wildman–Crippen LogP) is 4.52. The van der Waals surface area contributed by atoms with Crippen LogP contribution in [0.3, 0.4) is 0 Å². The van der Waals surface area contributed by atoms with Gasteiger partial charge in [0.25, 0.3) is 0 Å². The Hall–Kier alpha value is -0.820. The summed E-state index contributed by atoms with van der Waals surface area (Å²) in [5, 5.41) is 3.55. The summed E-state index contributed by atoms with van der Waals surface area (Å²) in [7, 11) is 2.13. The number of likely N-dealkylation sites (N-methyl/N-ethyl adjacent to an activating group) is 1. The van der Waals surface area contributed by atoms with Gasteiger partial charge in [-0.3, -0.25) is 0 Å². The van der Waals surface area contributed by atoms with Gasteiger partial charge in [0.1, 0.15) is 0 Å². The molecule has 2 atom stereocenters. The van der Waals surface area contributed by atoms with Crippen LogP contribution in [0.15, 0.2) is 24.3 Å². The molecule has 1 aliphatic carbocycles. The second kappa shape index (κ2) is 7.09. The smallest absolute Gasteiger partial charge is 0.0133 e. The third-order valence-corrected chi connectivity index (χ3v) is 4.41. The van der Waals surface area contributed by atoms with Crippen molar-refractivity contribution in [2.45, 2.75) is 64.3 Å². The lowest BCUT2D eigenvalue weighted by Crippen LogP contribution is -2.31. The summed E-state index contributed by atoms with van der Waals surface area (Å²) in [6.07, 6.45) is 8.04. The third kappa shape index (κ3) is 4.07. The largest absolute Gasteiger partial charge is 0.316 e. The van der Waals surface area contributed by atoms with Crippen LogP contribution in [0.25, 0.3) is 0 Å². The average Bonchev–Trinajstić information content (AvgIpc) is 2.63. The van der Waals surface area contributed by atoms with Gasteiger partial charge in [-0.05, 0) is 49.3 Å². The fourth-order valence-electron chi connectivity index (χ4n) is 3.47. The van der Waals surface area contributed by atoms with Gasteiger partial charge in [0, 0.05) is 6.04 Å². The fraction of sp³-hybridized carbons (Fsp3) is 0.667. The first-order valence-electron chi connectivity index (χ1n) is 7.97. The van der Waals surface area contributed by atoms with Gasteiger partial charge in [0.2, 0.25) is 0 Å². The molecule has 106 valence electrons. The topological polar surface area (TPSA) is 12.0 Å². The molecular weight excluding hydrogens is 230 g/mol. The van der Waals surface area contributed by atoms with Crippen molar-refractivity contribution in [1.29, 1.82) is 0 Å². The van der Waals surface area contributed by atoms with Crippen LogP contribution >= 0.6 is 0 Å². The van der Waals surface area contributed by atoms with Crippen molar-refractivity contribution in [2.75, 3.05) is 7.05 Å². The molecule has 1 aromatic rings. The van der Waals surface area contributed by atoms with Crippen molar-refractivity contribution < 1.29 is 0 Å². The minimum absolute atomic E-state index is 0.664. The highest BCUT2D eigenvalue weighted by molar-refractivity contribution is 5.28. The highest BCUT2D eigenvalue weighted by Gasteiger charge is 2.23. The molecule has 0 spiro atoms. The normalized spacial score (nSPS) is 24.4. The maximum atomic E-state index is 3.55. The standard InChI is InChI=1S/C18H29N/c1-14(2)12-15-8-7-9-16(13-15)17-10-5-4-6-11-18(17)19-3/h7-9,13-14,17-19H,4-6,10-12H2,1-3H3. The maximum Gasteiger partial charge on any atom is 0.0133 e. The molecular formula is C18H29N. The van der Waals surface area contributed by atoms with Gasteiger partial charge < -0.3 is 5.32 Å². The molecule has 0 bridgehead atoms. The first-order chi connectivity index (χ1) is 9.20. The third-order valence-electron chi connectivity index (χ3n) is 4.41. The summed E-state index contributed by atoms with van der Waals surface area (Å²) in [6.45, 7) is 4.60. The van der Waals surface area contributed by atoms with E-state index >= 15 is 0 Å². The number of hydrogen-bond donors (Lipinski definition) is 1. The molecule has 1 N–H and O–H groups in total. The van der Waals surface area contributed by atoms with E-state index in [0.29, 0.717) is 12.0 Å². The molecule has 1 fully saturated rings. The lowest BCUT2D eigenvalue weighted by atomic mass is 9.86. The van der Waals surface area contributed by atoms with Crippen molar-refractivity contribution >= 4 is 0 Å². The summed E-state index contributed by atoms with van der Waals surface area (Å²) in [4.78, 5) is 0. The van der Waals surface area contributed by atoms with Crippen LogP contribution in [0.1, 0.15) is 63.0 Å². The zero-order valence-electron chi connectivity index (χ0n) is 12.8. The van der Waals surface area contributed by atoms with E-state index in [1.54, 1.807) is 5.56 Å². The Morgan fingerprint density at radius 1 is 1.16 bits per heavy atom. The molecule has 19 heavy (non-hydrogen) atoms.